The molecule has 2 heteroatoms. The Hall–Kier alpha value is -1.93. The van der Waals surface area contributed by atoms with Crippen LogP contribution in [-0.4, -0.2) is 22.0 Å². The number of benzene rings is 1. The monoisotopic (exact) mass is 304 g/mol. The summed E-state index contributed by atoms with van der Waals surface area (Å²) in [4.78, 5) is 7.06. The van der Waals surface area contributed by atoms with Crippen LogP contribution in [0.4, 0.5) is 0 Å². The van der Waals surface area contributed by atoms with Crippen molar-refractivity contribution in [2.75, 3.05) is 0 Å². The molecule has 2 aliphatic rings. The lowest BCUT2D eigenvalue weighted by Gasteiger charge is -2.45. The van der Waals surface area contributed by atoms with Crippen molar-refractivity contribution in [3.05, 3.63) is 71.6 Å². The molecular weight excluding hydrogens is 280 g/mol. The summed E-state index contributed by atoms with van der Waals surface area (Å²) in [6.45, 7) is 3.27. The van der Waals surface area contributed by atoms with E-state index in [1.165, 1.54) is 41.5 Å². The summed E-state index contributed by atoms with van der Waals surface area (Å²) in [5.74, 6) is 0. The molecule has 23 heavy (non-hydrogen) atoms. The molecule has 2 nitrogen and oxygen atoms in total. The van der Waals surface area contributed by atoms with Gasteiger partial charge in [0.15, 0.2) is 0 Å². The van der Waals surface area contributed by atoms with Crippen LogP contribution in [0.15, 0.2) is 54.9 Å². The Morgan fingerprint density at radius 3 is 2.78 bits per heavy atom. The lowest BCUT2D eigenvalue weighted by molar-refractivity contribution is 0.0951. The first-order chi connectivity index (χ1) is 11.3. The number of aromatic nitrogens is 1. The van der Waals surface area contributed by atoms with E-state index in [2.05, 4.69) is 59.3 Å². The zero-order valence-electron chi connectivity index (χ0n) is 13.8. The number of aryl methyl sites for hydroxylation is 1. The van der Waals surface area contributed by atoms with Crippen LogP contribution in [0.5, 0.6) is 0 Å². The van der Waals surface area contributed by atoms with Crippen molar-refractivity contribution >= 4 is 5.57 Å². The summed E-state index contributed by atoms with van der Waals surface area (Å²) in [5.41, 5.74) is 5.64. The highest BCUT2D eigenvalue weighted by Gasteiger charge is 2.34. The average molecular weight is 304 g/mol. The van der Waals surface area contributed by atoms with Crippen LogP contribution >= 0.6 is 0 Å². The van der Waals surface area contributed by atoms with E-state index in [1.54, 1.807) is 0 Å². The summed E-state index contributed by atoms with van der Waals surface area (Å²) in [5, 5.41) is 0. The van der Waals surface area contributed by atoms with Crippen molar-refractivity contribution in [1.82, 2.24) is 9.88 Å². The second kappa shape index (κ2) is 6.29. The summed E-state index contributed by atoms with van der Waals surface area (Å²) in [7, 11) is 0. The van der Waals surface area contributed by atoms with E-state index >= 15 is 0 Å². The van der Waals surface area contributed by atoms with Gasteiger partial charge in [0.1, 0.15) is 0 Å². The molecule has 0 saturated carbocycles. The summed E-state index contributed by atoms with van der Waals surface area (Å²) < 4.78 is 0. The Balaban J connectivity index is 1.62. The molecule has 0 radical (unpaired) electrons. The van der Waals surface area contributed by atoms with E-state index in [4.69, 9.17) is 0 Å². The van der Waals surface area contributed by atoms with Crippen LogP contribution in [0.25, 0.3) is 5.57 Å². The molecule has 0 aliphatic carbocycles. The quantitative estimate of drug-likeness (QED) is 0.824. The maximum Gasteiger partial charge on any atom is 0.0345 e. The van der Waals surface area contributed by atoms with E-state index in [-0.39, 0.29) is 0 Å². The van der Waals surface area contributed by atoms with Gasteiger partial charge in [-0.05, 0) is 54.5 Å². The molecule has 0 N–H and O–H groups in total. The lowest BCUT2D eigenvalue weighted by Crippen LogP contribution is -2.47. The van der Waals surface area contributed by atoms with Crippen LogP contribution < -0.4 is 0 Å². The minimum Gasteiger partial charge on any atom is -0.289 e. The Bertz CT molecular complexity index is 705. The van der Waals surface area contributed by atoms with E-state index in [1.807, 2.05) is 12.4 Å². The average Bonchev–Trinajstić information content (AvgIpc) is 2.56. The third-order valence-electron chi connectivity index (χ3n) is 5.37. The molecular formula is C21H24N2. The minimum absolute atomic E-state index is 0.581. The SMILES string of the molecule is Cc1ccncc1C1=CC2CCCC(C1)N2Cc1ccccc1. The summed E-state index contributed by atoms with van der Waals surface area (Å²) >= 11 is 0. The van der Waals surface area contributed by atoms with Gasteiger partial charge in [-0.2, -0.15) is 0 Å². The molecule has 1 saturated heterocycles. The highest BCUT2D eigenvalue weighted by Crippen LogP contribution is 2.38. The first-order valence-electron chi connectivity index (χ1n) is 8.72. The van der Waals surface area contributed by atoms with Crippen LogP contribution in [0, 0.1) is 6.92 Å². The largest absolute Gasteiger partial charge is 0.289 e. The zero-order valence-corrected chi connectivity index (χ0v) is 13.8. The van der Waals surface area contributed by atoms with Crippen molar-refractivity contribution in [3.8, 4) is 0 Å². The van der Waals surface area contributed by atoms with Gasteiger partial charge in [-0.1, -0.05) is 42.8 Å². The summed E-state index contributed by atoms with van der Waals surface area (Å²) in [6, 6.07) is 14.3. The van der Waals surface area contributed by atoms with Crippen LogP contribution in [0.2, 0.25) is 0 Å². The van der Waals surface area contributed by atoms with Gasteiger partial charge in [0, 0.05) is 31.0 Å². The van der Waals surface area contributed by atoms with Gasteiger partial charge in [0.25, 0.3) is 0 Å². The molecule has 2 aromatic rings. The Morgan fingerprint density at radius 1 is 1.13 bits per heavy atom. The Morgan fingerprint density at radius 2 is 2.00 bits per heavy atom. The fourth-order valence-corrected chi connectivity index (χ4v) is 4.16. The van der Waals surface area contributed by atoms with E-state index < -0.39 is 0 Å². The highest BCUT2D eigenvalue weighted by molar-refractivity contribution is 5.69. The molecule has 118 valence electrons. The zero-order chi connectivity index (χ0) is 15.6. The predicted molar refractivity (Wildman–Crippen MR) is 95.0 cm³/mol. The van der Waals surface area contributed by atoms with Crippen LogP contribution in [-0.2, 0) is 6.54 Å². The molecule has 1 fully saturated rings. The molecule has 2 aliphatic heterocycles. The van der Waals surface area contributed by atoms with Gasteiger partial charge in [-0.3, -0.25) is 9.88 Å². The molecule has 1 aromatic carbocycles. The van der Waals surface area contributed by atoms with Crippen molar-refractivity contribution < 1.29 is 0 Å². The molecule has 3 heterocycles. The molecule has 4 rings (SSSR count). The Labute approximate surface area is 138 Å². The van der Waals surface area contributed by atoms with E-state index in [0.29, 0.717) is 12.1 Å². The van der Waals surface area contributed by atoms with Gasteiger partial charge >= 0.3 is 0 Å². The van der Waals surface area contributed by atoms with Gasteiger partial charge in [0.05, 0.1) is 0 Å². The van der Waals surface area contributed by atoms with Crippen molar-refractivity contribution in [1.29, 1.82) is 0 Å². The highest BCUT2D eigenvalue weighted by atomic mass is 15.2. The number of nitrogens with zero attached hydrogens (tertiary/aromatic N) is 2. The van der Waals surface area contributed by atoms with Crippen LogP contribution in [0.3, 0.4) is 0 Å². The molecule has 2 atom stereocenters. The number of hydrogen-bond acceptors (Lipinski definition) is 2. The minimum atomic E-state index is 0.581. The molecule has 2 bridgehead atoms. The van der Waals surface area contributed by atoms with Gasteiger partial charge in [-0.25, -0.2) is 0 Å². The number of piperidine rings is 1. The topological polar surface area (TPSA) is 16.1 Å². The Kier molecular flexibility index (Phi) is 4.00. The first-order valence-corrected chi connectivity index (χ1v) is 8.72. The standard InChI is InChI=1S/C21H24N2/c1-16-10-11-22-14-21(16)18-12-19-8-5-9-20(13-18)23(19)15-17-6-3-2-4-7-17/h2-4,6-7,10-12,14,19-20H,5,8-9,13,15H2,1H3. The fraction of sp³-hybridized carbons (Fsp3) is 0.381. The number of pyridine rings is 1. The smallest absolute Gasteiger partial charge is 0.0345 e. The van der Waals surface area contributed by atoms with Crippen LogP contribution in [0.1, 0.15) is 42.4 Å². The second-order valence-electron chi connectivity index (χ2n) is 6.90. The van der Waals surface area contributed by atoms with E-state index in [0.717, 1.165) is 13.0 Å². The molecule has 0 amide bonds. The van der Waals surface area contributed by atoms with Gasteiger partial charge in [0.2, 0.25) is 0 Å². The fourth-order valence-electron chi connectivity index (χ4n) is 4.16. The number of fused-ring (bicyclic) bond motifs is 2. The van der Waals surface area contributed by atoms with Crippen molar-refractivity contribution in [2.24, 2.45) is 0 Å². The maximum absolute atomic E-state index is 4.35. The molecule has 2 unspecified atom stereocenters. The number of rotatable bonds is 3. The predicted octanol–water partition coefficient (Wildman–Crippen LogP) is 4.60. The second-order valence-corrected chi connectivity index (χ2v) is 6.90. The van der Waals surface area contributed by atoms with Crippen molar-refractivity contribution in [3.63, 3.8) is 0 Å². The lowest BCUT2D eigenvalue weighted by atomic mass is 9.82. The third kappa shape index (κ3) is 2.96. The van der Waals surface area contributed by atoms with Crippen molar-refractivity contribution in [2.45, 2.75) is 51.2 Å². The molecule has 0 spiro atoms. The van der Waals surface area contributed by atoms with E-state index in [9.17, 15) is 0 Å². The normalized spacial score (nSPS) is 24.3. The van der Waals surface area contributed by atoms with Gasteiger partial charge in [-0.15, -0.1) is 0 Å². The maximum atomic E-state index is 4.35. The summed E-state index contributed by atoms with van der Waals surface area (Å²) in [6.07, 6.45) is 11.6. The molecule has 1 aromatic heterocycles. The number of hydrogen-bond donors (Lipinski definition) is 0. The van der Waals surface area contributed by atoms with Gasteiger partial charge < -0.3 is 0 Å². The first kappa shape index (κ1) is 14.6. The third-order valence-corrected chi connectivity index (χ3v) is 5.37.